The van der Waals surface area contributed by atoms with Crippen molar-refractivity contribution < 1.29 is 4.74 Å². The standard InChI is InChI=1S/C52H41N3O/c1-2-12-33-29-34(22-21-32(33)11-1)53-44-17-7-3-13-37(44)42-30-35(23-26-47(42)53)54-45-18-8-4-14-38(45)43-31-36(24-27-48(43)54)55-46-19-9-5-16-41(46)51-49(55)28-25-40-39-15-6-10-20-50(39)56-52(40)51/h1-4,6-15,17-30,36-37,40,43-44,48,52H,5,16,31H2. The molecule has 0 saturated heterocycles. The first kappa shape index (κ1) is 31.0. The molecule has 0 saturated carbocycles. The molecule has 0 spiro atoms. The summed E-state index contributed by atoms with van der Waals surface area (Å²) < 4.78 is 9.44. The molecule has 6 aromatic rings. The van der Waals surface area contributed by atoms with Crippen molar-refractivity contribution in [1.82, 2.24) is 4.57 Å². The van der Waals surface area contributed by atoms with Crippen LogP contribution in [-0.4, -0.2) is 16.7 Å². The lowest BCUT2D eigenvalue weighted by atomic mass is 9.83. The van der Waals surface area contributed by atoms with Crippen LogP contribution in [0.1, 0.15) is 81.9 Å². The van der Waals surface area contributed by atoms with Gasteiger partial charge in [-0.1, -0.05) is 115 Å². The van der Waals surface area contributed by atoms with Crippen molar-refractivity contribution in [2.45, 2.75) is 61.2 Å². The number of allylic oxidation sites excluding steroid dienone is 4. The summed E-state index contributed by atoms with van der Waals surface area (Å²) in [5, 5.41) is 2.55. The Morgan fingerprint density at radius 1 is 0.571 bits per heavy atom. The lowest BCUT2D eigenvalue weighted by Gasteiger charge is -2.35. The highest BCUT2D eigenvalue weighted by molar-refractivity contribution is 5.89. The molecule has 5 aromatic carbocycles. The Morgan fingerprint density at radius 3 is 2.32 bits per heavy atom. The average Bonchev–Trinajstić information content (AvgIpc) is 3.99. The molecule has 0 fully saturated rings. The highest BCUT2D eigenvalue weighted by Gasteiger charge is 2.46. The normalized spacial score (nSPS) is 26.6. The van der Waals surface area contributed by atoms with Crippen LogP contribution in [0, 0.1) is 0 Å². The van der Waals surface area contributed by atoms with E-state index < -0.39 is 0 Å². The van der Waals surface area contributed by atoms with Crippen LogP contribution in [0.4, 0.5) is 22.7 Å². The van der Waals surface area contributed by atoms with E-state index in [-0.39, 0.29) is 30.1 Å². The summed E-state index contributed by atoms with van der Waals surface area (Å²) in [5.74, 6) is 1.98. The van der Waals surface area contributed by atoms with Gasteiger partial charge >= 0.3 is 0 Å². The van der Waals surface area contributed by atoms with Gasteiger partial charge in [-0.05, 0) is 101 Å². The van der Waals surface area contributed by atoms with E-state index >= 15 is 0 Å². The van der Waals surface area contributed by atoms with E-state index in [1.807, 2.05) is 0 Å². The van der Waals surface area contributed by atoms with Crippen molar-refractivity contribution in [3.8, 4) is 5.75 Å². The Balaban J connectivity index is 0.890. The molecular formula is C52H41N3O. The minimum Gasteiger partial charge on any atom is -0.484 e. The summed E-state index contributed by atoms with van der Waals surface area (Å²) in [5.41, 5.74) is 15.0. The number of para-hydroxylation sites is 2. The first-order valence-electron chi connectivity index (χ1n) is 20.5. The van der Waals surface area contributed by atoms with Gasteiger partial charge in [0.2, 0.25) is 0 Å². The highest BCUT2D eigenvalue weighted by atomic mass is 16.5. The van der Waals surface area contributed by atoms with E-state index in [1.54, 1.807) is 0 Å². The van der Waals surface area contributed by atoms with Crippen LogP contribution in [0.25, 0.3) is 22.9 Å². The smallest absolute Gasteiger partial charge is 0.136 e. The van der Waals surface area contributed by atoms with Gasteiger partial charge < -0.3 is 19.1 Å². The molecule has 270 valence electrons. The molecule has 4 heteroatoms. The van der Waals surface area contributed by atoms with Crippen LogP contribution in [0.2, 0.25) is 0 Å². The molecule has 56 heavy (non-hydrogen) atoms. The molecule has 13 rings (SSSR count). The van der Waals surface area contributed by atoms with E-state index in [1.165, 1.54) is 72.7 Å². The zero-order valence-corrected chi connectivity index (χ0v) is 31.1. The zero-order valence-electron chi connectivity index (χ0n) is 31.1. The third-order valence-electron chi connectivity index (χ3n) is 13.9. The van der Waals surface area contributed by atoms with Gasteiger partial charge in [0.05, 0.1) is 18.1 Å². The Labute approximate surface area is 327 Å². The van der Waals surface area contributed by atoms with Crippen molar-refractivity contribution in [3.05, 3.63) is 197 Å². The van der Waals surface area contributed by atoms with E-state index in [9.17, 15) is 0 Å². The number of ether oxygens (including phenoxy) is 1. The topological polar surface area (TPSA) is 20.6 Å². The number of nitrogens with zero attached hydrogens (tertiary/aromatic N) is 3. The Hall–Kier alpha value is -6.26. The monoisotopic (exact) mass is 723 g/mol. The quantitative estimate of drug-likeness (QED) is 0.170. The van der Waals surface area contributed by atoms with Gasteiger partial charge in [0.15, 0.2) is 0 Å². The molecule has 0 bridgehead atoms. The molecule has 4 nitrogen and oxygen atoms in total. The number of aromatic nitrogens is 1. The van der Waals surface area contributed by atoms with Gasteiger partial charge in [0.1, 0.15) is 11.9 Å². The van der Waals surface area contributed by atoms with Gasteiger partial charge in [-0.15, -0.1) is 0 Å². The van der Waals surface area contributed by atoms with Gasteiger partial charge in [-0.2, -0.15) is 0 Å². The summed E-state index contributed by atoms with van der Waals surface area (Å²) in [6, 6.07) is 41.4. The van der Waals surface area contributed by atoms with Crippen LogP contribution >= 0.6 is 0 Å². The second-order valence-corrected chi connectivity index (χ2v) is 16.6. The molecular weight excluding hydrogens is 683 g/mol. The summed E-state index contributed by atoms with van der Waals surface area (Å²) >= 11 is 0. The molecule has 7 aliphatic rings. The van der Waals surface area contributed by atoms with Crippen molar-refractivity contribution in [2.24, 2.45) is 0 Å². The van der Waals surface area contributed by atoms with Crippen LogP contribution in [0.15, 0.2) is 158 Å². The van der Waals surface area contributed by atoms with E-state index in [0.29, 0.717) is 11.8 Å². The van der Waals surface area contributed by atoms with Crippen LogP contribution in [0.5, 0.6) is 5.75 Å². The van der Waals surface area contributed by atoms with Gasteiger partial charge in [-0.25, -0.2) is 0 Å². The van der Waals surface area contributed by atoms with Gasteiger partial charge in [0, 0.05) is 63.0 Å². The maximum Gasteiger partial charge on any atom is 0.136 e. The first-order valence-corrected chi connectivity index (χ1v) is 20.5. The summed E-state index contributed by atoms with van der Waals surface area (Å²) in [4.78, 5) is 5.19. The third kappa shape index (κ3) is 4.25. The number of fused-ring (bicyclic) bond motifs is 14. The maximum absolute atomic E-state index is 6.77. The maximum atomic E-state index is 6.77. The fourth-order valence-electron chi connectivity index (χ4n) is 11.5. The predicted octanol–water partition coefficient (Wildman–Crippen LogP) is 12.4. The number of rotatable bonds is 3. The first-order chi connectivity index (χ1) is 27.8. The van der Waals surface area contributed by atoms with Crippen LogP contribution in [-0.2, 0) is 6.42 Å². The Kier molecular flexibility index (Phi) is 6.44. The Bertz CT molecular complexity index is 2800. The summed E-state index contributed by atoms with van der Waals surface area (Å²) in [7, 11) is 0. The van der Waals surface area contributed by atoms with Gasteiger partial charge in [-0.3, -0.25) is 0 Å². The average molecular weight is 724 g/mol. The van der Waals surface area contributed by atoms with Crippen molar-refractivity contribution in [1.29, 1.82) is 0 Å². The largest absolute Gasteiger partial charge is 0.484 e. The molecule has 4 heterocycles. The molecule has 7 atom stereocenters. The fraction of sp³-hybridized carbons (Fsp3) is 0.192. The molecule has 3 aliphatic heterocycles. The van der Waals surface area contributed by atoms with Crippen molar-refractivity contribution >= 4 is 45.7 Å². The minimum atomic E-state index is 0.0444. The van der Waals surface area contributed by atoms with E-state index in [0.717, 1.165) is 25.0 Å². The van der Waals surface area contributed by atoms with Crippen molar-refractivity contribution in [3.63, 3.8) is 0 Å². The summed E-state index contributed by atoms with van der Waals surface area (Å²) in [6.07, 6.45) is 27.1. The second-order valence-electron chi connectivity index (χ2n) is 16.6. The Morgan fingerprint density at radius 2 is 1.36 bits per heavy atom. The molecule has 7 unspecified atom stereocenters. The van der Waals surface area contributed by atoms with Crippen LogP contribution < -0.4 is 14.5 Å². The third-order valence-corrected chi connectivity index (χ3v) is 13.9. The minimum absolute atomic E-state index is 0.0444. The SMILES string of the molecule is C1=CC2c3cc(N4c5ccccc5C5CC(n6c7c(c8c6C=CC6c9ccccc9OC86)CCC=C7)C=CC54)ccc3N(c3ccc4ccccc4c3)C2C=C1. The fourth-order valence-corrected chi connectivity index (χ4v) is 11.5. The predicted molar refractivity (Wildman–Crippen MR) is 229 cm³/mol. The summed E-state index contributed by atoms with van der Waals surface area (Å²) in [6.45, 7) is 0. The second kappa shape index (κ2) is 11.6. The molecule has 0 radical (unpaired) electrons. The molecule has 1 aromatic heterocycles. The van der Waals surface area contributed by atoms with Crippen LogP contribution in [0.3, 0.4) is 0 Å². The van der Waals surface area contributed by atoms with E-state index in [4.69, 9.17) is 4.74 Å². The number of hydrogen-bond acceptors (Lipinski definition) is 3. The number of benzene rings is 5. The zero-order chi connectivity index (χ0) is 36.5. The number of anilines is 4. The molecule has 4 aliphatic carbocycles. The molecule has 0 amide bonds. The lowest BCUT2D eigenvalue weighted by Crippen LogP contribution is -2.32. The van der Waals surface area contributed by atoms with Gasteiger partial charge in [0.25, 0.3) is 0 Å². The lowest BCUT2D eigenvalue weighted by molar-refractivity contribution is 0.221. The molecule has 0 N–H and O–H groups in total. The van der Waals surface area contributed by atoms with Crippen molar-refractivity contribution in [2.75, 3.05) is 9.80 Å². The number of hydrogen-bond donors (Lipinski definition) is 0. The highest BCUT2D eigenvalue weighted by Crippen LogP contribution is 2.57. The van der Waals surface area contributed by atoms with E-state index in [2.05, 4.69) is 184 Å².